The maximum absolute atomic E-state index is 13.4. The molecule has 8 nitrogen and oxygen atoms in total. The highest BCUT2D eigenvalue weighted by Gasteiger charge is 2.58. The van der Waals surface area contributed by atoms with E-state index >= 15 is 0 Å². The first-order valence-electron chi connectivity index (χ1n) is 10.5. The number of hydrogen-bond donors (Lipinski definition) is 0. The lowest BCUT2D eigenvalue weighted by Crippen LogP contribution is -2.58. The Morgan fingerprint density at radius 3 is 2.37 bits per heavy atom. The predicted octanol–water partition coefficient (Wildman–Crippen LogP) is 1.88. The fourth-order valence-electron chi connectivity index (χ4n) is 4.37. The van der Waals surface area contributed by atoms with Crippen LogP contribution in [0.2, 0.25) is 0 Å². The van der Waals surface area contributed by atoms with Crippen molar-refractivity contribution in [2.75, 3.05) is 40.5 Å². The number of hydrogen-bond acceptors (Lipinski definition) is 5. The van der Waals surface area contributed by atoms with Gasteiger partial charge in [-0.3, -0.25) is 14.5 Å². The third-order valence-electron chi connectivity index (χ3n) is 6.16. The second kappa shape index (κ2) is 9.57. The first-order chi connectivity index (χ1) is 14.5. The molecule has 2 aliphatic rings. The van der Waals surface area contributed by atoms with Crippen molar-refractivity contribution in [1.29, 1.82) is 0 Å². The lowest BCUT2D eigenvalue weighted by molar-refractivity contribution is -0.147. The average molecular weight is 418 g/mol. The molecule has 1 spiro atoms. The number of methoxy groups -OCH3 is 2. The van der Waals surface area contributed by atoms with E-state index in [1.807, 2.05) is 37.3 Å². The fourth-order valence-corrected chi connectivity index (χ4v) is 4.37. The van der Waals surface area contributed by atoms with E-state index in [0.717, 1.165) is 5.56 Å². The summed E-state index contributed by atoms with van der Waals surface area (Å²) in [6.45, 7) is 3.63. The zero-order valence-corrected chi connectivity index (χ0v) is 18.0. The van der Waals surface area contributed by atoms with Crippen molar-refractivity contribution < 1.29 is 23.9 Å². The van der Waals surface area contributed by atoms with Crippen LogP contribution in [0.25, 0.3) is 0 Å². The van der Waals surface area contributed by atoms with Gasteiger partial charge in [-0.2, -0.15) is 0 Å². The summed E-state index contributed by atoms with van der Waals surface area (Å²) in [6.07, 6.45) is 0.956. The second-order valence-electron chi connectivity index (χ2n) is 7.79. The monoisotopic (exact) mass is 417 g/mol. The fraction of sp³-hybridized carbons (Fsp3) is 0.591. The number of imide groups is 1. The Labute approximate surface area is 177 Å². The van der Waals surface area contributed by atoms with Gasteiger partial charge in [0.15, 0.2) is 0 Å². The van der Waals surface area contributed by atoms with Crippen molar-refractivity contribution in [1.82, 2.24) is 14.7 Å². The van der Waals surface area contributed by atoms with E-state index in [9.17, 15) is 14.4 Å². The summed E-state index contributed by atoms with van der Waals surface area (Å²) in [5.41, 5.74) is 0.0437. The highest BCUT2D eigenvalue weighted by Crippen LogP contribution is 2.38. The number of carbonyl (C=O) groups is 3. The van der Waals surface area contributed by atoms with E-state index in [2.05, 4.69) is 0 Å². The van der Waals surface area contributed by atoms with Gasteiger partial charge in [0.1, 0.15) is 11.6 Å². The molecule has 1 aromatic rings. The minimum atomic E-state index is -0.924. The first kappa shape index (κ1) is 22.2. The number of benzene rings is 1. The topological polar surface area (TPSA) is 79.4 Å². The molecule has 2 fully saturated rings. The molecule has 1 aromatic carbocycles. The highest BCUT2D eigenvalue weighted by atomic mass is 16.5. The minimum absolute atomic E-state index is 0.0579. The molecule has 3 rings (SSSR count). The molecule has 4 amide bonds. The second-order valence-corrected chi connectivity index (χ2v) is 7.79. The number of amides is 4. The molecule has 0 saturated carbocycles. The predicted molar refractivity (Wildman–Crippen MR) is 111 cm³/mol. The van der Waals surface area contributed by atoms with Gasteiger partial charge in [0.25, 0.3) is 11.8 Å². The third kappa shape index (κ3) is 4.06. The number of piperidine rings is 1. The molecule has 0 aliphatic carbocycles. The zero-order valence-electron chi connectivity index (χ0n) is 18.0. The van der Waals surface area contributed by atoms with E-state index in [1.165, 1.54) is 12.0 Å². The molecular weight excluding hydrogens is 386 g/mol. The molecular formula is C22H31N3O5. The van der Waals surface area contributed by atoms with Crippen molar-refractivity contribution in [3.8, 4) is 0 Å². The van der Waals surface area contributed by atoms with Gasteiger partial charge in [-0.25, -0.2) is 4.79 Å². The van der Waals surface area contributed by atoms with Gasteiger partial charge in [-0.05, 0) is 24.8 Å². The molecule has 2 saturated heterocycles. The van der Waals surface area contributed by atoms with E-state index in [1.54, 1.807) is 16.9 Å². The Morgan fingerprint density at radius 1 is 1.13 bits per heavy atom. The summed E-state index contributed by atoms with van der Waals surface area (Å²) in [7, 11) is 3.08. The van der Waals surface area contributed by atoms with Crippen LogP contribution >= 0.6 is 0 Å². The number of likely N-dealkylation sites (tertiary alicyclic amines) is 1. The summed E-state index contributed by atoms with van der Waals surface area (Å²) < 4.78 is 10.4. The molecule has 0 N–H and O–H groups in total. The summed E-state index contributed by atoms with van der Waals surface area (Å²) in [5, 5.41) is 0. The van der Waals surface area contributed by atoms with Crippen molar-refractivity contribution in [2.45, 2.75) is 44.4 Å². The zero-order chi connectivity index (χ0) is 21.7. The van der Waals surface area contributed by atoms with E-state index in [4.69, 9.17) is 9.47 Å². The molecule has 2 aliphatic heterocycles. The Hall–Kier alpha value is -2.45. The quantitative estimate of drug-likeness (QED) is 0.604. The van der Waals surface area contributed by atoms with Gasteiger partial charge >= 0.3 is 6.03 Å². The van der Waals surface area contributed by atoms with Crippen LogP contribution in [0.3, 0.4) is 0 Å². The van der Waals surface area contributed by atoms with Crippen molar-refractivity contribution in [3.63, 3.8) is 0 Å². The molecule has 2 heterocycles. The van der Waals surface area contributed by atoms with Gasteiger partial charge in [-0.15, -0.1) is 0 Å². The number of urea groups is 1. The maximum Gasteiger partial charge on any atom is 0.328 e. The molecule has 0 aromatic heterocycles. The lowest BCUT2D eigenvalue weighted by Gasteiger charge is -2.42. The lowest BCUT2D eigenvalue weighted by atomic mass is 9.85. The van der Waals surface area contributed by atoms with Crippen molar-refractivity contribution in [3.05, 3.63) is 35.9 Å². The molecule has 1 atom stereocenters. The van der Waals surface area contributed by atoms with Crippen molar-refractivity contribution >= 4 is 17.8 Å². The highest BCUT2D eigenvalue weighted by molar-refractivity contribution is 6.07. The number of nitrogens with zero attached hydrogens (tertiary/aromatic N) is 3. The third-order valence-corrected chi connectivity index (χ3v) is 6.16. The van der Waals surface area contributed by atoms with Gasteiger partial charge < -0.3 is 19.3 Å². The normalized spacial score (nSPS) is 19.6. The van der Waals surface area contributed by atoms with Crippen LogP contribution in [0.5, 0.6) is 0 Å². The van der Waals surface area contributed by atoms with Crippen LogP contribution in [0.1, 0.15) is 31.7 Å². The van der Waals surface area contributed by atoms with Crippen LogP contribution in [-0.2, 0) is 25.6 Å². The SMILES string of the molecule is CCC(OC)C(=O)N1CCC2(CC1)C(=O)N(CCOC)C(=O)N2Cc1ccccc1. The summed E-state index contributed by atoms with van der Waals surface area (Å²) in [5.74, 6) is -0.246. The van der Waals surface area contributed by atoms with Crippen LogP contribution in [0.4, 0.5) is 4.79 Å². The van der Waals surface area contributed by atoms with E-state index in [0.29, 0.717) is 45.5 Å². The van der Waals surface area contributed by atoms with Crippen LogP contribution in [0.15, 0.2) is 30.3 Å². The summed E-state index contributed by atoms with van der Waals surface area (Å²) in [6, 6.07) is 9.38. The molecule has 8 heteroatoms. The minimum Gasteiger partial charge on any atom is -0.383 e. The van der Waals surface area contributed by atoms with Crippen LogP contribution in [0, 0.1) is 0 Å². The van der Waals surface area contributed by atoms with Gasteiger partial charge in [0, 0.05) is 33.9 Å². The Morgan fingerprint density at radius 2 is 1.80 bits per heavy atom. The average Bonchev–Trinajstić information content (AvgIpc) is 2.95. The summed E-state index contributed by atoms with van der Waals surface area (Å²) in [4.78, 5) is 44.0. The van der Waals surface area contributed by atoms with Gasteiger partial charge in [0.05, 0.1) is 13.2 Å². The Kier molecular flexibility index (Phi) is 7.10. The van der Waals surface area contributed by atoms with Crippen LogP contribution in [-0.4, -0.2) is 84.6 Å². The smallest absolute Gasteiger partial charge is 0.328 e. The largest absolute Gasteiger partial charge is 0.383 e. The number of rotatable bonds is 8. The molecule has 1 unspecified atom stereocenters. The maximum atomic E-state index is 13.4. The van der Waals surface area contributed by atoms with Gasteiger partial charge in [-0.1, -0.05) is 37.3 Å². The molecule has 0 bridgehead atoms. The van der Waals surface area contributed by atoms with Gasteiger partial charge in [0.2, 0.25) is 0 Å². The number of ether oxygens (including phenoxy) is 2. The van der Waals surface area contributed by atoms with E-state index in [-0.39, 0.29) is 24.4 Å². The Balaban J connectivity index is 1.83. The summed E-state index contributed by atoms with van der Waals surface area (Å²) >= 11 is 0. The van der Waals surface area contributed by atoms with E-state index < -0.39 is 11.6 Å². The van der Waals surface area contributed by atoms with Crippen molar-refractivity contribution in [2.24, 2.45) is 0 Å². The first-order valence-corrected chi connectivity index (χ1v) is 10.5. The molecule has 0 radical (unpaired) electrons. The van der Waals surface area contributed by atoms with Crippen LogP contribution < -0.4 is 0 Å². The molecule has 164 valence electrons. The molecule has 30 heavy (non-hydrogen) atoms. The number of carbonyl (C=O) groups excluding carboxylic acids is 3. The Bertz CT molecular complexity index is 757. The standard InChI is InChI=1S/C22H31N3O5/c1-4-18(30-3)19(26)23-12-10-22(11-13-23)20(27)24(14-15-29-2)21(28)25(22)16-17-8-6-5-7-9-17/h5-9,18H,4,10-16H2,1-3H3.